The van der Waals surface area contributed by atoms with Crippen molar-refractivity contribution in [3.05, 3.63) is 48.4 Å². The number of pyridine rings is 2. The second kappa shape index (κ2) is 7.64. The first-order valence-corrected chi connectivity index (χ1v) is 9.77. The quantitative estimate of drug-likeness (QED) is 0.530. The number of carbonyl (C=O) groups excluding carboxylic acids is 1. The van der Waals surface area contributed by atoms with E-state index in [9.17, 15) is 4.79 Å². The van der Waals surface area contributed by atoms with Crippen LogP contribution < -0.4 is 10.6 Å². The lowest BCUT2D eigenvalue weighted by Gasteiger charge is -2.19. The predicted octanol–water partition coefficient (Wildman–Crippen LogP) is 2.13. The lowest BCUT2D eigenvalue weighted by molar-refractivity contribution is 0.102. The molecule has 1 aliphatic rings. The molecule has 10 heteroatoms. The fourth-order valence-corrected chi connectivity index (χ4v) is 3.52. The van der Waals surface area contributed by atoms with Crippen LogP contribution in [0.25, 0.3) is 22.3 Å². The number of aryl methyl sites for hydroxylation is 1. The van der Waals surface area contributed by atoms with Gasteiger partial charge < -0.3 is 15.1 Å². The van der Waals surface area contributed by atoms with Crippen LogP contribution in [0.4, 0.5) is 5.82 Å². The van der Waals surface area contributed by atoms with E-state index in [0.717, 1.165) is 31.3 Å². The number of nitrogens with one attached hydrogen (secondary N) is 2. The van der Waals surface area contributed by atoms with Crippen molar-refractivity contribution in [2.24, 2.45) is 7.05 Å². The lowest BCUT2D eigenvalue weighted by Crippen LogP contribution is -2.26. The van der Waals surface area contributed by atoms with Gasteiger partial charge in [-0.3, -0.25) is 9.48 Å². The molecule has 10 nitrogen and oxygen atoms in total. The van der Waals surface area contributed by atoms with Gasteiger partial charge >= 0.3 is 0 Å². The molecule has 1 amide bonds. The normalized spacial score (nSPS) is 14.8. The van der Waals surface area contributed by atoms with Crippen LogP contribution >= 0.6 is 0 Å². The first-order valence-electron chi connectivity index (χ1n) is 9.77. The molecule has 0 aliphatic carbocycles. The summed E-state index contributed by atoms with van der Waals surface area (Å²) >= 11 is 0. The van der Waals surface area contributed by atoms with Gasteiger partial charge in [0.1, 0.15) is 17.8 Å². The van der Waals surface area contributed by atoms with Crippen molar-refractivity contribution >= 4 is 22.6 Å². The number of carbonyl (C=O) groups is 1. The van der Waals surface area contributed by atoms with Gasteiger partial charge in [0.2, 0.25) is 0 Å². The van der Waals surface area contributed by atoms with Crippen LogP contribution in [0.3, 0.4) is 0 Å². The third-order valence-electron chi connectivity index (χ3n) is 5.12. The fourth-order valence-electron chi connectivity index (χ4n) is 3.52. The van der Waals surface area contributed by atoms with Crippen LogP contribution in [0.5, 0.6) is 0 Å². The Hall–Kier alpha value is -3.66. The van der Waals surface area contributed by atoms with E-state index in [2.05, 4.69) is 35.9 Å². The summed E-state index contributed by atoms with van der Waals surface area (Å²) in [5.41, 5.74) is 2.31. The topological polar surface area (TPSA) is 124 Å². The van der Waals surface area contributed by atoms with E-state index in [1.54, 1.807) is 30.2 Å². The van der Waals surface area contributed by atoms with Gasteiger partial charge in [-0.1, -0.05) is 5.21 Å². The van der Waals surface area contributed by atoms with Crippen molar-refractivity contribution in [3.63, 3.8) is 0 Å². The Morgan fingerprint density at radius 1 is 1.23 bits per heavy atom. The Labute approximate surface area is 171 Å². The van der Waals surface area contributed by atoms with Gasteiger partial charge in [0, 0.05) is 30.6 Å². The number of fused-ring (bicyclic) bond motifs is 1. The molecule has 1 aliphatic heterocycles. The zero-order valence-corrected chi connectivity index (χ0v) is 16.4. The summed E-state index contributed by atoms with van der Waals surface area (Å²) in [5.74, 6) is 0.886. The second-order valence-corrected chi connectivity index (χ2v) is 7.29. The number of oxazole rings is 1. The molecule has 4 aromatic heterocycles. The highest BCUT2D eigenvalue weighted by Crippen LogP contribution is 2.25. The highest BCUT2D eigenvalue weighted by Gasteiger charge is 2.22. The van der Waals surface area contributed by atoms with E-state index in [1.165, 1.54) is 6.26 Å². The number of piperidine rings is 1. The van der Waals surface area contributed by atoms with Gasteiger partial charge in [0.25, 0.3) is 5.91 Å². The predicted molar refractivity (Wildman–Crippen MR) is 109 cm³/mol. The summed E-state index contributed by atoms with van der Waals surface area (Å²) in [4.78, 5) is 25.9. The molecule has 0 spiro atoms. The van der Waals surface area contributed by atoms with Crippen molar-refractivity contribution in [2.75, 3.05) is 18.4 Å². The van der Waals surface area contributed by atoms with E-state index < -0.39 is 0 Å². The molecule has 0 unspecified atom stereocenters. The van der Waals surface area contributed by atoms with Crippen molar-refractivity contribution < 1.29 is 9.21 Å². The summed E-state index contributed by atoms with van der Waals surface area (Å²) in [6.07, 6.45) is 6.77. The van der Waals surface area contributed by atoms with Crippen molar-refractivity contribution in [1.29, 1.82) is 0 Å². The number of hydrogen-bond donors (Lipinski definition) is 2. The standard InChI is InChI=1S/C20H20N8O2/c1-28-10-16(26-27-28)14-3-2-13-9-22-18(8-15(13)23-14)25-19(29)17-11-30-20(24-17)12-4-6-21-7-5-12/h2-3,8-12,21H,4-7H2,1H3,(H,22,25,29). The molecule has 1 fully saturated rings. The largest absolute Gasteiger partial charge is 0.448 e. The van der Waals surface area contributed by atoms with Crippen LogP contribution in [0, 0.1) is 0 Å². The fraction of sp³-hybridized carbons (Fsp3) is 0.300. The Morgan fingerprint density at radius 3 is 2.90 bits per heavy atom. The lowest BCUT2D eigenvalue weighted by atomic mass is 9.98. The van der Waals surface area contributed by atoms with Crippen LogP contribution in [0.15, 0.2) is 41.3 Å². The minimum Gasteiger partial charge on any atom is -0.448 e. The average Bonchev–Trinajstić information content (AvgIpc) is 3.43. The zero-order chi connectivity index (χ0) is 20.5. The van der Waals surface area contributed by atoms with Gasteiger partial charge in [-0.05, 0) is 38.1 Å². The molecule has 4 aromatic rings. The van der Waals surface area contributed by atoms with E-state index in [4.69, 9.17) is 4.42 Å². The molecular weight excluding hydrogens is 384 g/mol. The maximum Gasteiger partial charge on any atom is 0.278 e. The SMILES string of the molecule is Cn1cc(-c2ccc3cnc(NC(=O)c4coc(C5CCNCC5)n4)cc3n2)nn1. The Balaban J connectivity index is 1.35. The Bertz CT molecular complexity index is 1210. The van der Waals surface area contributed by atoms with Crippen LogP contribution in [-0.4, -0.2) is 48.9 Å². The summed E-state index contributed by atoms with van der Waals surface area (Å²) in [6, 6.07) is 5.50. The molecule has 0 atom stereocenters. The van der Waals surface area contributed by atoms with Gasteiger partial charge in [-0.2, -0.15) is 0 Å². The summed E-state index contributed by atoms with van der Waals surface area (Å²) in [6.45, 7) is 1.86. The monoisotopic (exact) mass is 404 g/mol. The summed E-state index contributed by atoms with van der Waals surface area (Å²) < 4.78 is 7.17. The Morgan fingerprint density at radius 2 is 2.10 bits per heavy atom. The minimum atomic E-state index is -0.365. The first kappa shape index (κ1) is 18.4. The van der Waals surface area contributed by atoms with Crippen LogP contribution in [0.2, 0.25) is 0 Å². The smallest absolute Gasteiger partial charge is 0.278 e. The maximum atomic E-state index is 12.6. The van der Waals surface area contributed by atoms with Gasteiger partial charge in [-0.25, -0.2) is 15.0 Å². The Kier molecular flexibility index (Phi) is 4.68. The first-order chi connectivity index (χ1) is 14.7. The zero-order valence-electron chi connectivity index (χ0n) is 16.4. The summed E-state index contributed by atoms with van der Waals surface area (Å²) in [5, 5.41) is 15.0. The molecule has 5 rings (SSSR count). The van der Waals surface area contributed by atoms with E-state index >= 15 is 0 Å². The summed E-state index contributed by atoms with van der Waals surface area (Å²) in [7, 11) is 1.80. The number of rotatable bonds is 4. The molecule has 30 heavy (non-hydrogen) atoms. The molecule has 0 bridgehead atoms. The molecule has 5 heterocycles. The van der Waals surface area contributed by atoms with Gasteiger partial charge in [0.15, 0.2) is 11.6 Å². The van der Waals surface area contributed by atoms with Gasteiger partial charge in [0.05, 0.1) is 17.4 Å². The molecule has 0 saturated carbocycles. The number of amides is 1. The van der Waals surface area contributed by atoms with E-state index in [1.807, 2.05) is 12.1 Å². The highest BCUT2D eigenvalue weighted by molar-refractivity contribution is 6.02. The number of hydrogen-bond acceptors (Lipinski definition) is 8. The molecule has 0 radical (unpaired) electrons. The van der Waals surface area contributed by atoms with Crippen LogP contribution in [0.1, 0.15) is 35.1 Å². The minimum absolute atomic E-state index is 0.242. The van der Waals surface area contributed by atoms with Gasteiger partial charge in [-0.15, -0.1) is 5.10 Å². The second-order valence-electron chi connectivity index (χ2n) is 7.29. The molecule has 2 N–H and O–H groups in total. The van der Waals surface area contributed by atoms with Crippen molar-refractivity contribution in [2.45, 2.75) is 18.8 Å². The average molecular weight is 404 g/mol. The van der Waals surface area contributed by atoms with E-state index in [-0.39, 0.29) is 17.5 Å². The number of nitrogens with zero attached hydrogens (tertiary/aromatic N) is 6. The highest BCUT2D eigenvalue weighted by atomic mass is 16.3. The third kappa shape index (κ3) is 3.64. The van der Waals surface area contributed by atoms with Crippen LogP contribution in [-0.2, 0) is 7.05 Å². The van der Waals surface area contributed by atoms with E-state index in [0.29, 0.717) is 28.6 Å². The molecule has 0 aromatic carbocycles. The molecule has 152 valence electrons. The number of anilines is 1. The molecule has 1 saturated heterocycles. The number of aromatic nitrogens is 6. The maximum absolute atomic E-state index is 12.6. The third-order valence-corrected chi connectivity index (χ3v) is 5.12. The van der Waals surface area contributed by atoms with Crippen molar-refractivity contribution in [1.82, 2.24) is 35.3 Å². The molecular formula is C20H20N8O2. The van der Waals surface area contributed by atoms with Crippen molar-refractivity contribution in [3.8, 4) is 11.4 Å².